The van der Waals surface area contributed by atoms with Crippen molar-refractivity contribution in [1.82, 2.24) is 29.7 Å². The molecule has 138 valence electrons. The number of halogens is 2. The number of hydrogen-bond donors (Lipinski definition) is 2. The van der Waals surface area contributed by atoms with Gasteiger partial charge in [0.05, 0.1) is 30.0 Å². The van der Waals surface area contributed by atoms with Crippen molar-refractivity contribution >= 4 is 23.4 Å². The van der Waals surface area contributed by atoms with Gasteiger partial charge in [-0.15, -0.1) is 0 Å². The fourth-order valence-electron chi connectivity index (χ4n) is 2.41. The molecule has 0 aromatic carbocycles. The van der Waals surface area contributed by atoms with E-state index in [2.05, 4.69) is 35.7 Å². The molecule has 1 unspecified atom stereocenters. The molecule has 1 aliphatic rings. The molecule has 2 N–H and O–H groups in total. The lowest BCUT2D eigenvalue weighted by Gasteiger charge is -2.06. The zero-order valence-electron chi connectivity index (χ0n) is 14.1. The summed E-state index contributed by atoms with van der Waals surface area (Å²) in [6, 6.07) is 1.65. The molecular weight excluding hydrogens is 358 g/mol. The lowest BCUT2D eigenvalue weighted by atomic mass is 10.3. The lowest BCUT2D eigenvalue weighted by Crippen LogP contribution is -2.18. The average molecular weight is 372 g/mol. The van der Waals surface area contributed by atoms with Crippen molar-refractivity contribution in [3.05, 3.63) is 37.1 Å². The largest absolute Gasteiger partial charge is 0.321 e. The van der Waals surface area contributed by atoms with Gasteiger partial charge in [-0.05, 0) is 6.07 Å². The highest BCUT2D eigenvalue weighted by Crippen LogP contribution is 2.48. The number of carbonyl (C=O) groups is 1. The molecule has 3 aromatic rings. The Morgan fingerprint density at radius 3 is 2.67 bits per heavy atom. The van der Waals surface area contributed by atoms with Crippen LogP contribution in [0.5, 0.6) is 0 Å². The summed E-state index contributed by atoms with van der Waals surface area (Å²) in [5.74, 6) is -4.50. The van der Waals surface area contributed by atoms with Crippen LogP contribution in [0.15, 0.2) is 37.1 Å². The second-order valence-corrected chi connectivity index (χ2v) is 6.09. The molecule has 0 spiro atoms. The third-order valence-electron chi connectivity index (χ3n) is 3.92. The van der Waals surface area contributed by atoms with Crippen LogP contribution in [0.2, 0.25) is 0 Å². The summed E-state index contributed by atoms with van der Waals surface area (Å²) in [4.78, 5) is 28.4. The number of alkyl halides is 2. The van der Waals surface area contributed by atoms with Gasteiger partial charge in [0.15, 0.2) is 5.82 Å². The maximum atomic E-state index is 12.9. The number of aryl methyl sites for hydroxylation is 1. The molecule has 9 nitrogen and oxygen atoms in total. The number of hydrogen-bond acceptors (Lipinski definition) is 7. The number of nitrogens with one attached hydrogen (secondary N) is 2. The van der Waals surface area contributed by atoms with E-state index in [1.807, 2.05) is 0 Å². The number of nitrogens with zero attached hydrogens (tertiary/aromatic N) is 6. The smallest absolute Gasteiger partial charge is 0.260 e. The Hall–Kier alpha value is -3.50. The summed E-state index contributed by atoms with van der Waals surface area (Å²) in [6.07, 6.45) is 7.24. The quantitative estimate of drug-likeness (QED) is 0.705. The SMILES string of the molecule is Cn1cc(Nc2nccc(-c3cnc(NC(=O)C4CC4(F)F)cn3)n2)cn1. The number of amides is 1. The predicted molar refractivity (Wildman–Crippen MR) is 91.2 cm³/mol. The Kier molecular flexibility index (Phi) is 3.98. The predicted octanol–water partition coefficient (Wildman–Crippen LogP) is 2.00. The van der Waals surface area contributed by atoms with Crippen molar-refractivity contribution in [2.45, 2.75) is 12.3 Å². The van der Waals surface area contributed by atoms with E-state index in [1.165, 1.54) is 12.4 Å². The topological polar surface area (TPSA) is 111 Å². The van der Waals surface area contributed by atoms with Crippen LogP contribution in [0.4, 0.5) is 26.2 Å². The standard InChI is InChI=1S/C16H14F2N8O/c1-26-8-9(5-22-26)23-15-19-3-2-11(24-15)12-6-21-13(7-20-12)25-14(27)10-4-16(10,17)18/h2-3,5-8,10H,4H2,1H3,(H,19,23,24)(H,21,25,27). The lowest BCUT2D eigenvalue weighted by molar-refractivity contribution is -0.119. The van der Waals surface area contributed by atoms with E-state index in [4.69, 9.17) is 0 Å². The van der Waals surface area contributed by atoms with Crippen LogP contribution in [-0.4, -0.2) is 41.5 Å². The van der Waals surface area contributed by atoms with E-state index >= 15 is 0 Å². The molecule has 0 saturated heterocycles. The van der Waals surface area contributed by atoms with Crippen molar-refractivity contribution in [2.75, 3.05) is 10.6 Å². The van der Waals surface area contributed by atoms with Crippen LogP contribution in [0, 0.1) is 5.92 Å². The van der Waals surface area contributed by atoms with Crippen molar-refractivity contribution < 1.29 is 13.6 Å². The Balaban J connectivity index is 1.45. The molecule has 3 aromatic heterocycles. The van der Waals surface area contributed by atoms with E-state index in [0.717, 1.165) is 5.69 Å². The van der Waals surface area contributed by atoms with Crippen molar-refractivity contribution in [3.8, 4) is 11.4 Å². The van der Waals surface area contributed by atoms with Gasteiger partial charge in [-0.2, -0.15) is 5.10 Å². The summed E-state index contributed by atoms with van der Waals surface area (Å²) in [6.45, 7) is 0. The molecule has 27 heavy (non-hydrogen) atoms. The number of rotatable bonds is 5. The van der Waals surface area contributed by atoms with Crippen LogP contribution < -0.4 is 10.6 Å². The Labute approximate surface area is 151 Å². The normalized spacial score (nSPS) is 17.4. The molecule has 1 fully saturated rings. The fourth-order valence-corrected chi connectivity index (χ4v) is 2.41. The minimum atomic E-state index is -2.92. The highest BCUT2D eigenvalue weighted by molar-refractivity contribution is 5.94. The second kappa shape index (κ2) is 6.34. The van der Waals surface area contributed by atoms with Crippen LogP contribution >= 0.6 is 0 Å². The molecular formula is C16H14F2N8O. The van der Waals surface area contributed by atoms with Gasteiger partial charge >= 0.3 is 0 Å². The van der Waals surface area contributed by atoms with Crippen molar-refractivity contribution in [1.29, 1.82) is 0 Å². The summed E-state index contributed by atoms with van der Waals surface area (Å²) in [5.41, 5.74) is 1.69. The summed E-state index contributed by atoms with van der Waals surface area (Å²) < 4.78 is 27.5. The fraction of sp³-hybridized carbons (Fsp3) is 0.250. The van der Waals surface area contributed by atoms with Gasteiger partial charge in [-0.1, -0.05) is 0 Å². The maximum Gasteiger partial charge on any atom is 0.260 e. The second-order valence-electron chi connectivity index (χ2n) is 6.09. The van der Waals surface area contributed by atoms with Crippen LogP contribution in [0.3, 0.4) is 0 Å². The molecule has 1 atom stereocenters. The summed E-state index contributed by atoms with van der Waals surface area (Å²) in [5, 5.41) is 9.40. The average Bonchev–Trinajstić information content (AvgIpc) is 3.10. The first-order valence-corrected chi connectivity index (χ1v) is 8.00. The molecule has 0 radical (unpaired) electrons. The highest BCUT2D eigenvalue weighted by atomic mass is 19.3. The first kappa shape index (κ1) is 16.9. The minimum absolute atomic E-state index is 0.106. The molecule has 11 heteroatoms. The molecule has 4 rings (SSSR count). The van der Waals surface area contributed by atoms with Gasteiger partial charge < -0.3 is 10.6 Å². The third kappa shape index (κ3) is 3.71. The number of anilines is 3. The maximum absolute atomic E-state index is 12.9. The Morgan fingerprint density at radius 2 is 2.04 bits per heavy atom. The van der Waals surface area contributed by atoms with Crippen molar-refractivity contribution in [3.63, 3.8) is 0 Å². The molecule has 1 amide bonds. The first-order valence-electron chi connectivity index (χ1n) is 8.00. The minimum Gasteiger partial charge on any atom is -0.321 e. The van der Waals surface area contributed by atoms with Gasteiger partial charge in [-0.25, -0.2) is 28.7 Å². The zero-order valence-corrected chi connectivity index (χ0v) is 14.1. The summed E-state index contributed by atoms with van der Waals surface area (Å²) >= 11 is 0. The third-order valence-corrected chi connectivity index (χ3v) is 3.92. The Bertz CT molecular complexity index is 988. The van der Waals surface area contributed by atoms with Crippen LogP contribution in [0.1, 0.15) is 6.42 Å². The van der Waals surface area contributed by atoms with Gasteiger partial charge in [0.25, 0.3) is 5.92 Å². The van der Waals surface area contributed by atoms with E-state index in [0.29, 0.717) is 17.3 Å². The molecule has 1 aliphatic carbocycles. The molecule has 3 heterocycles. The number of carbonyl (C=O) groups excluding carboxylic acids is 1. The van der Waals surface area contributed by atoms with Crippen LogP contribution in [-0.2, 0) is 11.8 Å². The monoisotopic (exact) mass is 372 g/mol. The highest BCUT2D eigenvalue weighted by Gasteiger charge is 2.61. The van der Waals surface area contributed by atoms with E-state index in [1.54, 1.807) is 36.4 Å². The van der Waals surface area contributed by atoms with Crippen molar-refractivity contribution in [2.24, 2.45) is 13.0 Å². The van der Waals surface area contributed by atoms with Gasteiger partial charge in [0.1, 0.15) is 11.6 Å². The van der Waals surface area contributed by atoms with Crippen LogP contribution in [0.25, 0.3) is 11.4 Å². The molecule has 0 bridgehead atoms. The van der Waals surface area contributed by atoms with Gasteiger partial charge in [-0.3, -0.25) is 9.48 Å². The molecule has 1 saturated carbocycles. The first-order chi connectivity index (χ1) is 12.9. The zero-order chi connectivity index (χ0) is 19.0. The number of aromatic nitrogens is 6. The van der Waals surface area contributed by atoms with Gasteiger partial charge in [0, 0.05) is 25.9 Å². The van der Waals surface area contributed by atoms with Gasteiger partial charge in [0.2, 0.25) is 11.9 Å². The molecule has 0 aliphatic heterocycles. The van der Waals surface area contributed by atoms with E-state index in [-0.39, 0.29) is 5.82 Å². The summed E-state index contributed by atoms with van der Waals surface area (Å²) in [7, 11) is 1.79. The van der Waals surface area contributed by atoms with E-state index in [9.17, 15) is 13.6 Å². The van der Waals surface area contributed by atoms with E-state index < -0.39 is 24.2 Å². The Morgan fingerprint density at radius 1 is 1.22 bits per heavy atom.